The molecule has 0 aliphatic carbocycles. The Morgan fingerprint density at radius 2 is 1.90 bits per heavy atom. The van der Waals surface area contributed by atoms with Crippen molar-refractivity contribution in [2.45, 2.75) is 11.4 Å². The molecule has 2 aromatic heterocycles. The minimum atomic E-state index is -0.261. The Kier molecular flexibility index (Phi) is 6.11. The zero-order valence-electron chi connectivity index (χ0n) is 15.9. The van der Waals surface area contributed by atoms with E-state index in [2.05, 4.69) is 25.9 Å². The predicted octanol–water partition coefficient (Wildman–Crippen LogP) is 6.06. The number of methoxy groups -OCH3 is 1. The van der Waals surface area contributed by atoms with Gasteiger partial charge in [0, 0.05) is 22.3 Å². The molecule has 4 aromatic rings. The fraction of sp³-hybridized carbons (Fsp3) is 0.0870. The second kappa shape index (κ2) is 8.93. The molecule has 0 unspecified atom stereocenters. The molecule has 0 aliphatic heterocycles. The quantitative estimate of drug-likeness (QED) is 0.323. The van der Waals surface area contributed by atoms with Crippen LogP contribution in [0.5, 0.6) is 5.75 Å². The van der Waals surface area contributed by atoms with Gasteiger partial charge in [0.2, 0.25) is 5.12 Å². The Labute approximate surface area is 185 Å². The summed E-state index contributed by atoms with van der Waals surface area (Å²) in [6.07, 6.45) is 4.02. The highest BCUT2D eigenvalue weighted by atomic mass is 79.9. The number of hydrogen-bond acceptors (Lipinski definition) is 5. The van der Waals surface area contributed by atoms with Crippen molar-refractivity contribution in [2.75, 3.05) is 7.11 Å². The van der Waals surface area contributed by atoms with Crippen LogP contribution in [0.3, 0.4) is 0 Å². The second-order valence-corrected chi connectivity index (χ2v) is 8.39. The Morgan fingerprint density at radius 1 is 1.10 bits per heavy atom. The highest BCUT2D eigenvalue weighted by Crippen LogP contribution is 2.37. The van der Waals surface area contributed by atoms with Crippen LogP contribution in [0.2, 0.25) is 0 Å². The molecule has 7 heteroatoms. The zero-order chi connectivity index (χ0) is 21.1. The molecular weight excluding hydrogens is 467 g/mol. The maximum absolute atomic E-state index is 13.1. The molecule has 0 saturated carbocycles. The van der Waals surface area contributed by atoms with Crippen molar-refractivity contribution >= 4 is 43.7 Å². The number of aromatic nitrogens is 2. The van der Waals surface area contributed by atoms with E-state index in [0.29, 0.717) is 28.3 Å². The van der Waals surface area contributed by atoms with E-state index >= 15 is 0 Å². The summed E-state index contributed by atoms with van der Waals surface area (Å²) < 4.78 is 19.5. The highest BCUT2D eigenvalue weighted by molar-refractivity contribution is 9.10. The van der Waals surface area contributed by atoms with E-state index < -0.39 is 0 Å². The van der Waals surface area contributed by atoms with Gasteiger partial charge in [-0.05, 0) is 65.7 Å². The maximum atomic E-state index is 13.1. The third-order valence-electron chi connectivity index (χ3n) is 4.51. The molecule has 0 bridgehead atoms. The number of thioether (sulfide) groups is 1. The summed E-state index contributed by atoms with van der Waals surface area (Å²) in [6.45, 7) is 0. The van der Waals surface area contributed by atoms with Gasteiger partial charge in [0.05, 0.1) is 12.7 Å². The number of carbonyl (C=O) groups excluding carboxylic acids is 1. The number of benzene rings is 2. The van der Waals surface area contributed by atoms with E-state index in [9.17, 15) is 9.18 Å². The Hall–Kier alpha value is -2.77. The Bertz CT molecular complexity index is 1220. The van der Waals surface area contributed by atoms with E-state index in [1.165, 1.54) is 19.2 Å². The molecule has 0 aliphatic rings. The molecule has 2 aromatic carbocycles. The van der Waals surface area contributed by atoms with Crippen LogP contribution in [0.1, 0.15) is 21.5 Å². The number of fused-ring (bicyclic) bond motifs is 1. The lowest BCUT2D eigenvalue weighted by Crippen LogP contribution is -2.02. The van der Waals surface area contributed by atoms with Crippen LogP contribution in [0.4, 0.5) is 4.39 Å². The van der Waals surface area contributed by atoms with Gasteiger partial charge in [0.15, 0.2) is 5.75 Å². The molecule has 0 fully saturated rings. The fourth-order valence-corrected chi connectivity index (χ4v) is 4.36. The number of pyridine rings is 2. The number of halogens is 2. The molecule has 0 radical (unpaired) electrons. The summed E-state index contributed by atoms with van der Waals surface area (Å²) >= 11 is 4.61. The topological polar surface area (TPSA) is 52.1 Å². The summed E-state index contributed by atoms with van der Waals surface area (Å²) in [5.41, 5.74) is 2.98. The lowest BCUT2D eigenvalue weighted by atomic mass is 10.0. The van der Waals surface area contributed by atoms with E-state index in [1.54, 1.807) is 42.7 Å². The number of ether oxygens (including phenoxy) is 1. The summed E-state index contributed by atoms with van der Waals surface area (Å²) in [5.74, 6) is 0.165. The summed E-state index contributed by atoms with van der Waals surface area (Å²) in [6, 6.07) is 15.6. The lowest BCUT2D eigenvalue weighted by Gasteiger charge is -2.13. The van der Waals surface area contributed by atoms with E-state index in [1.807, 2.05) is 12.1 Å². The summed E-state index contributed by atoms with van der Waals surface area (Å²) in [4.78, 5) is 21.7. The van der Waals surface area contributed by atoms with E-state index in [4.69, 9.17) is 4.74 Å². The van der Waals surface area contributed by atoms with Gasteiger partial charge in [-0.25, -0.2) is 9.37 Å². The number of rotatable bonds is 5. The molecular formula is C23H16BrFN2O2S. The molecule has 0 N–H and O–H groups in total. The largest absolute Gasteiger partial charge is 0.494 e. The van der Waals surface area contributed by atoms with Crippen molar-refractivity contribution in [1.82, 2.24) is 9.97 Å². The smallest absolute Gasteiger partial charge is 0.229 e. The van der Waals surface area contributed by atoms with Crippen molar-refractivity contribution in [2.24, 2.45) is 0 Å². The van der Waals surface area contributed by atoms with Gasteiger partial charge in [-0.1, -0.05) is 34.1 Å². The predicted molar refractivity (Wildman–Crippen MR) is 120 cm³/mol. The van der Waals surface area contributed by atoms with Crippen molar-refractivity contribution in [3.63, 3.8) is 0 Å². The monoisotopic (exact) mass is 482 g/mol. The molecule has 0 spiro atoms. The van der Waals surface area contributed by atoms with Gasteiger partial charge >= 0.3 is 0 Å². The minimum absolute atomic E-state index is 0.176. The van der Waals surface area contributed by atoms with Crippen LogP contribution >= 0.6 is 27.7 Å². The van der Waals surface area contributed by atoms with E-state index in [0.717, 1.165) is 32.7 Å². The van der Waals surface area contributed by atoms with Gasteiger partial charge in [-0.2, -0.15) is 0 Å². The van der Waals surface area contributed by atoms with Crippen molar-refractivity contribution < 1.29 is 13.9 Å². The molecule has 30 heavy (non-hydrogen) atoms. The first-order valence-corrected chi connectivity index (χ1v) is 10.7. The Balaban J connectivity index is 1.70. The average molecular weight is 483 g/mol. The van der Waals surface area contributed by atoms with Gasteiger partial charge in [-0.15, -0.1) is 0 Å². The van der Waals surface area contributed by atoms with Gasteiger partial charge < -0.3 is 4.74 Å². The average Bonchev–Trinajstić information content (AvgIpc) is 2.76. The number of nitrogens with zero attached hydrogens (tertiary/aromatic N) is 2. The molecule has 0 atom stereocenters. The van der Waals surface area contributed by atoms with Crippen LogP contribution in [0.15, 0.2) is 76.5 Å². The van der Waals surface area contributed by atoms with Crippen LogP contribution < -0.4 is 4.74 Å². The molecule has 150 valence electrons. The van der Waals surface area contributed by atoms with Crippen LogP contribution in [0.25, 0.3) is 10.9 Å². The molecule has 0 saturated heterocycles. The third-order valence-corrected chi connectivity index (χ3v) is 6.02. The van der Waals surface area contributed by atoms with Crippen molar-refractivity contribution in [3.05, 3.63) is 94.0 Å². The number of carbonyl (C=O) groups is 1. The minimum Gasteiger partial charge on any atom is -0.494 e. The van der Waals surface area contributed by atoms with E-state index in [-0.39, 0.29) is 10.9 Å². The molecule has 0 amide bonds. The van der Waals surface area contributed by atoms with Crippen LogP contribution in [0, 0.1) is 5.82 Å². The first-order valence-electron chi connectivity index (χ1n) is 9.08. The lowest BCUT2D eigenvalue weighted by molar-refractivity contribution is 0.108. The van der Waals surface area contributed by atoms with Crippen LogP contribution in [-0.2, 0) is 6.42 Å². The van der Waals surface area contributed by atoms with Crippen molar-refractivity contribution in [1.29, 1.82) is 0 Å². The second-order valence-electron chi connectivity index (χ2n) is 6.54. The number of hydrogen-bond donors (Lipinski definition) is 0. The summed E-state index contributed by atoms with van der Waals surface area (Å²) in [7, 11) is 1.53. The summed E-state index contributed by atoms with van der Waals surface area (Å²) in [5, 5.41) is 1.28. The Morgan fingerprint density at radius 3 is 2.60 bits per heavy atom. The molecule has 4 rings (SSSR count). The molecule has 4 nitrogen and oxygen atoms in total. The SMILES string of the molecule is COc1c(C(=O)Sc2ccccn2)cc(Br)c2cc(Cc3ccc(F)cc3)cnc12. The zero-order valence-corrected chi connectivity index (χ0v) is 18.3. The first kappa shape index (κ1) is 20.5. The van der Waals surface area contributed by atoms with Gasteiger partial charge in [0.25, 0.3) is 0 Å². The highest BCUT2D eigenvalue weighted by Gasteiger charge is 2.20. The standard InChI is InChI=1S/C23H16BrFN2O2S/c1-29-22-18(23(28)30-20-4-2-3-9-26-20)12-19(24)17-11-15(13-27-21(17)22)10-14-5-7-16(25)8-6-14/h2-9,11-13H,10H2,1H3. The normalized spacial score (nSPS) is 10.9. The fourth-order valence-electron chi connectivity index (χ4n) is 3.12. The third kappa shape index (κ3) is 4.37. The molecule has 2 heterocycles. The van der Waals surface area contributed by atoms with Gasteiger partial charge in [-0.3, -0.25) is 9.78 Å². The first-order chi connectivity index (χ1) is 14.5. The van der Waals surface area contributed by atoms with Crippen molar-refractivity contribution in [3.8, 4) is 5.75 Å². The van der Waals surface area contributed by atoms with Crippen LogP contribution in [-0.4, -0.2) is 22.2 Å². The van der Waals surface area contributed by atoms with Gasteiger partial charge in [0.1, 0.15) is 16.4 Å². The maximum Gasteiger partial charge on any atom is 0.229 e.